The van der Waals surface area contributed by atoms with Crippen LogP contribution in [-0.4, -0.2) is 14.8 Å². The third-order valence-electron chi connectivity index (χ3n) is 1.89. The maximum absolute atomic E-state index is 8.56. The molecule has 1 aromatic heterocycles. The molecule has 0 unspecified atom stereocenters. The first-order chi connectivity index (χ1) is 7.28. The van der Waals surface area contributed by atoms with Crippen molar-refractivity contribution in [2.45, 2.75) is 6.54 Å². The zero-order valence-electron chi connectivity index (χ0n) is 7.76. The van der Waals surface area contributed by atoms with Crippen molar-refractivity contribution in [1.29, 1.82) is 5.26 Å². The molecule has 0 spiro atoms. The third-order valence-corrected chi connectivity index (χ3v) is 2.42. The van der Waals surface area contributed by atoms with Gasteiger partial charge in [-0.3, -0.25) is 0 Å². The SMILES string of the molecule is N#Cc1ncn(Cc2ccc(Br)cc2)n1. The van der Waals surface area contributed by atoms with Crippen LogP contribution in [0.15, 0.2) is 35.1 Å². The standard InChI is InChI=1S/C10H7BrN4/c11-9-3-1-8(2-4-9)6-15-7-13-10(5-12)14-15/h1-4,7H,6H2. The van der Waals surface area contributed by atoms with Gasteiger partial charge in [0.1, 0.15) is 12.4 Å². The van der Waals surface area contributed by atoms with Crippen molar-refractivity contribution in [2.75, 3.05) is 0 Å². The summed E-state index contributed by atoms with van der Waals surface area (Å²) in [5.41, 5.74) is 1.12. The predicted molar refractivity (Wildman–Crippen MR) is 58.0 cm³/mol. The molecule has 1 aromatic carbocycles. The second-order valence-corrected chi connectivity index (χ2v) is 3.92. The molecule has 74 valence electrons. The van der Waals surface area contributed by atoms with Crippen molar-refractivity contribution in [3.63, 3.8) is 0 Å². The highest BCUT2D eigenvalue weighted by Crippen LogP contribution is 2.11. The van der Waals surface area contributed by atoms with E-state index >= 15 is 0 Å². The summed E-state index contributed by atoms with van der Waals surface area (Å²) in [6.45, 7) is 0.627. The van der Waals surface area contributed by atoms with E-state index in [9.17, 15) is 0 Å². The molecule has 0 atom stereocenters. The van der Waals surface area contributed by atoms with Crippen LogP contribution in [0.5, 0.6) is 0 Å². The summed E-state index contributed by atoms with van der Waals surface area (Å²) in [6, 6.07) is 9.83. The zero-order chi connectivity index (χ0) is 10.7. The van der Waals surface area contributed by atoms with Gasteiger partial charge in [0.05, 0.1) is 6.54 Å². The monoisotopic (exact) mass is 262 g/mol. The average Bonchev–Trinajstić information content (AvgIpc) is 2.69. The lowest BCUT2D eigenvalue weighted by Crippen LogP contribution is -2.00. The Morgan fingerprint density at radius 1 is 1.33 bits per heavy atom. The number of hydrogen-bond donors (Lipinski definition) is 0. The number of benzene rings is 1. The molecule has 4 nitrogen and oxygen atoms in total. The van der Waals surface area contributed by atoms with Crippen LogP contribution in [-0.2, 0) is 6.54 Å². The van der Waals surface area contributed by atoms with Crippen molar-refractivity contribution in [2.24, 2.45) is 0 Å². The predicted octanol–water partition coefficient (Wildman–Crippen LogP) is 1.96. The van der Waals surface area contributed by atoms with Crippen molar-refractivity contribution >= 4 is 15.9 Å². The van der Waals surface area contributed by atoms with E-state index in [0.29, 0.717) is 6.54 Å². The van der Waals surface area contributed by atoms with Crippen LogP contribution in [0.4, 0.5) is 0 Å². The van der Waals surface area contributed by atoms with Gasteiger partial charge in [0.25, 0.3) is 5.82 Å². The summed E-state index contributed by atoms with van der Waals surface area (Å²) in [4.78, 5) is 3.83. The first-order valence-corrected chi connectivity index (χ1v) is 5.11. The number of rotatable bonds is 2. The van der Waals surface area contributed by atoms with E-state index in [1.165, 1.54) is 0 Å². The van der Waals surface area contributed by atoms with E-state index in [-0.39, 0.29) is 5.82 Å². The van der Waals surface area contributed by atoms with Crippen molar-refractivity contribution in [3.8, 4) is 6.07 Å². The Balaban J connectivity index is 2.15. The van der Waals surface area contributed by atoms with Crippen molar-refractivity contribution < 1.29 is 0 Å². The Morgan fingerprint density at radius 2 is 2.07 bits per heavy atom. The smallest absolute Gasteiger partial charge is 0.247 e. The number of nitriles is 1. The van der Waals surface area contributed by atoms with Crippen molar-refractivity contribution in [1.82, 2.24) is 14.8 Å². The number of halogens is 1. The summed E-state index contributed by atoms with van der Waals surface area (Å²) in [7, 11) is 0. The van der Waals surface area contributed by atoms with E-state index in [1.54, 1.807) is 11.0 Å². The fourth-order valence-corrected chi connectivity index (χ4v) is 1.46. The Morgan fingerprint density at radius 3 is 2.67 bits per heavy atom. The summed E-state index contributed by atoms with van der Waals surface area (Å²) in [6.07, 6.45) is 1.56. The lowest BCUT2D eigenvalue weighted by Gasteiger charge is -2.00. The highest BCUT2D eigenvalue weighted by molar-refractivity contribution is 9.10. The van der Waals surface area contributed by atoms with E-state index in [0.717, 1.165) is 10.0 Å². The Hall–Kier alpha value is -1.67. The second-order valence-electron chi connectivity index (χ2n) is 3.00. The van der Waals surface area contributed by atoms with Crippen LogP contribution in [0.2, 0.25) is 0 Å². The van der Waals surface area contributed by atoms with Gasteiger partial charge >= 0.3 is 0 Å². The first-order valence-electron chi connectivity index (χ1n) is 4.32. The molecule has 0 radical (unpaired) electrons. The van der Waals surface area contributed by atoms with Crippen LogP contribution < -0.4 is 0 Å². The average molecular weight is 263 g/mol. The Bertz CT molecular complexity index is 495. The Labute approximate surface area is 95.3 Å². The summed E-state index contributed by atoms with van der Waals surface area (Å²) in [5.74, 6) is 0.201. The first kappa shape index (κ1) is 9.87. The molecule has 0 saturated carbocycles. The molecule has 0 saturated heterocycles. The molecule has 0 aliphatic rings. The fraction of sp³-hybridized carbons (Fsp3) is 0.100. The van der Waals surface area contributed by atoms with Crippen LogP contribution in [0.1, 0.15) is 11.4 Å². The molecule has 1 heterocycles. The summed E-state index contributed by atoms with van der Waals surface area (Å²) < 4.78 is 2.68. The minimum absolute atomic E-state index is 0.201. The second kappa shape index (κ2) is 4.24. The van der Waals surface area contributed by atoms with Crippen LogP contribution in [0.25, 0.3) is 0 Å². The zero-order valence-corrected chi connectivity index (χ0v) is 9.35. The number of aromatic nitrogens is 3. The maximum atomic E-state index is 8.56. The van der Waals surface area contributed by atoms with Gasteiger partial charge in [0.15, 0.2) is 0 Å². The van der Waals surface area contributed by atoms with E-state index < -0.39 is 0 Å². The molecule has 0 bridgehead atoms. The van der Waals surface area contributed by atoms with Gasteiger partial charge in [-0.1, -0.05) is 28.1 Å². The minimum atomic E-state index is 0.201. The fourth-order valence-electron chi connectivity index (χ4n) is 1.20. The number of nitrogens with zero attached hydrogens (tertiary/aromatic N) is 4. The van der Waals surface area contributed by atoms with Gasteiger partial charge < -0.3 is 0 Å². The molecule has 0 aliphatic heterocycles. The lowest BCUT2D eigenvalue weighted by molar-refractivity contribution is 0.682. The van der Waals surface area contributed by atoms with E-state index in [1.807, 2.05) is 30.3 Å². The van der Waals surface area contributed by atoms with Gasteiger partial charge in [-0.15, -0.1) is 5.10 Å². The molecular weight excluding hydrogens is 256 g/mol. The van der Waals surface area contributed by atoms with Gasteiger partial charge in [-0.05, 0) is 17.7 Å². The van der Waals surface area contributed by atoms with Gasteiger partial charge in [0.2, 0.25) is 0 Å². The van der Waals surface area contributed by atoms with Crippen LogP contribution >= 0.6 is 15.9 Å². The topological polar surface area (TPSA) is 54.5 Å². The molecule has 2 rings (SSSR count). The van der Waals surface area contributed by atoms with E-state index in [4.69, 9.17) is 5.26 Å². The van der Waals surface area contributed by atoms with Gasteiger partial charge in [0, 0.05) is 4.47 Å². The molecule has 0 N–H and O–H groups in total. The van der Waals surface area contributed by atoms with Crippen LogP contribution in [0, 0.1) is 11.3 Å². The summed E-state index contributed by atoms with van der Waals surface area (Å²) >= 11 is 3.37. The van der Waals surface area contributed by atoms with E-state index in [2.05, 4.69) is 26.0 Å². The largest absolute Gasteiger partial charge is 0.252 e. The highest BCUT2D eigenvalue weighted by atomic mass is 79.9. The minimum Gasteiger partial charge on any atom is -0.247 e. The number of hydrogen-bond acceptors (Lipinski definition) is 3. The van der Waals surface area contributed by atoms with Crippen LogP contribution in [0.3, 0.4) is 0 Å². The quantitative estimate of drug-likeness (QED) is 0.832. The maximum Gasteiger partial charge on any atom is 0.252 e. The lowest BCUT2D eigenvalue weighted by atomic mass is 10.2. The van der Waals surface area contributed by atoms with Gasteiger partial charge in [-0.2, -0.15) is 5.26 Å². The molecule has 15 heavy (non-hydrogen) atoms. The molecule has 0 aliphatic carbocycles. The molecular formula is C10H7BrN4. The van der Waals surface area contributed by atoms with Gasteiger partial charge in [-0.25, -0.2) is 9.67 Å². The van der Waals surface area contributed by atoms with Crippen molar-refractivity contribution in [3.05, 3.63) is 46.5 Å². The molecule has 0 amide bonds. The Kier molecular flexibility index (Phi) is 2.79. The molecule has 2 aromatic rings. The molecule has 5 heteroatoms. The normalized spacial score (nSPS) is 9.87. The molecule has 0 fully saturated rings. The highest BCUT2D eigenvalue weighted by Gasteiger charge is 1.99. The summed E-state index contributed by atoms with van der Waals surface area (Å²) in [5, 5.41) is 12.5. The third kappa shape index (κ3) is 2.42.